The van der Waals surface area contributed by atoms with Crippen LogP contribution in [0.15, 0.2) is 35.8 Å². The summed E-state index contributed by atoms with van der Waals surface area (Å²) in [5.41, 5.74) is 1.81. The highest BCUT2D eigenvalue weighted by Crippen LogP contribution is 2.41. The summed E-state index contributed by atoms with van der Waals surface area (Å²) in [6.07, 6.45) is 1.89. The van der Waals surface area contributed by atoms with E-state index in [1.807, 2.05) is 0 Å². The summed E-state index contributed by atoms with van der Waals surface area (Å²) in [7, 11) is 0. The predicted octanol–water partition coefficient (Wildman–Crippen LogP) is 1.14. The third-order valence-electron chi connectivity index (χ3n) is 5.50. The van der Waals surface area contributed by atoms with E-state index in [1.165, 1.54) is 12.2 Å². The number of ketones is 2. The SMILES string of the molecule is CC(O)NCCc1ccc(CCNC(C)O)c2c1C(=O)C1C(O)=CC=C(O)C1C2=O. The van der Waals surface area contributed by atoms with Crippen molar-refractivity contribution in [3.8, 4) is 0 Å². The smallest absolute Gasteiger partial charge is 0.175 e. The Morgan fingerprint density at radius 1 is 0.800 bits per heavy atom. The number of carbonyl (C=O) groups excluding carboxylic acids is 2. The molecule has 3 rings (SSSR count). The summed E-state index contributed by atoms with van der Waals surface area (Å²) in [5, 5.41) is 45.2. The zero-order valence-electron chi connectivity index (χ0n) is 17.1. The summed E-state index contributed by atoms with van der Waals surface area (Å²) in [6, 6.07) is 3.57. The monoisotopic (exact) mass is 416 g/mol. The lowest BCUT2D eigenvalue weighted by atomic mass is 9.68. The van der Waals surface area contributed by atoms with Crippen LogP contribution in [0, 0.1) is 11.8 Å². The molecule has 8 nitrogen and oxygen atoms in total. The first-order valence-electron chi connectivity index (χ1n) is 10.1. The van der Waals surface area contributed by atoms with Gasteiger partial charge in [0.25, 0.3) is 0 Å². The molecule has 0 amide bonds. The molecule has 0 saturated heterocycles. The number of carbonyl (C=O) groups is 2. The zero-order chi connectivity index (χ0) is 22.0. The highest BCUT2D eigenvalue weighted by molar-refractivity contribution is 6.19. The maximum Gasteiger partial charge on any atom is 0.175 e. The number of rotatable bonds is 8. The molecule has 0 aliphatic heterocycles. The van der Waals surface area contributed by atoms with E-state index in [2.05, 4.69) is 10.6 Å². The van der Waals surface area contributed by atoms with E-state index in [0.29, 0.717) is 37.1 Å². The third kappa shape index (κ3) is 4.32. The first-order chi connectivity index (χ1) is 14.2. The van der Waals surface area contributed by atoms with E-state index in [-0.39, 0.29) is 22.6 Å². The molecule has 2 aliphatic rings. The van der Waals surface area contributed by atoms with Gasteiger partial charge in [-0.1, -0.05) is 12.1 Å². The lowest BCUT2D eigenvalue weighted by Gasteiger charge is -2.34. The van der Waals surface area contributed by atoms with Crippen molar-refractivity contribution >= 4 is 11.6 Å². The second kappa shape index (κ2) is 9.09. The van der Waals surface area contributed by atoms with Crippen molar-refractivity contribution in [3.05, 3.63) is 58.1 Å². The molecule has 0 radical (unpaired) electrons. The number of nitrogens with one attached hydrogen (secondary N) is 2. The van der Waals surface area contributed by atoms with Crippen LogP contribution in [-0.4, -0.2) is 57.5 Å². The minimum absolute atomic E-state index is 0.240. The van der Waals surface area contributed by atoms with Crippen LogP contribution in [-0.2, 0) is 12.8 Å². The van der Waals surface area contributed by atoms with Crippen molar-refractivity contribution in [2.45, 2.75) is 39.1 Å². The van der Waals surface area contributed by atoms with E-state index in [0.717, 1.165) is 0 Å². The maximum atomic E-state index is 13.4. The lowest BCUT2D eigenvalue weighted by molar-refractivity contribution is 0.0706. The molecule has 30 heavy (non-hydrogen) atoms. The van der Waals surface area contributed by atoms with Crippen LogP contribution >= 0.6 is 0 Å². The van der Waals surface area contributed by atoms with Crippen molar-refractivity contribution < 1.29 is 30.0 Å². The molecule has 0 bridgehead atoms. The average Bonchev–Trinajstić information content (AvgIpc) is 2.67. The number of aliphatic hydroxyl groups excluding tert-OH is 4. The van der Waals surface area contributed by atoms with Crippen molar-refractivity contribution in [1.82, 2.24) is 10.6 Å². The first kappa shape index (κ1) is 22.2. The van der Waals surface area contributed by atoms with Gasteiger partial charge in [-0.2, -0.15) is 0 Å². The van der Waals surface area contributed by atoms with Crippen LogP contribution in [0.3, 0.4) is 0 Å². The first-order valence-corrected chi connectivity index (χ1v) is 10.1. The number of hydrogen-bond acceptors (Lipinski definition) is 8. The Morgan fingerprint density at radius 2 is 1.17 bits per heavy atom. The van der Waals surface area contributed by atoms with E-state index in [4.69, 9.17) is 0 Å². The van der Waals surface area contributed by atoms with Gasteiger partial charge in [-0.25, -0.2) is 0 Å². The summed E-state index contributed by atoms with van der Waals surface area (Å²) < 4.78 is 0. The van der Waals surface area contributed by atoms with Gasteiger partial charge >= 0.3 is 0 Å². The molecule has 1 aromatic carbocycles. The third-order valence-corrected chi connectivity index (χ3v) is 5.50. The Bertz CT molecular complexity index is 830. The molecule has 162 valence electrons. The number of fused-ring (bicyclic) bond motifs is 2. The standard InChI is InChI=1S/C22H28N2O6/c1-11(25)23-9-7-13-3-4-14(8-10-24-12(2)26)18-17(13)21(29)19-15(27)5-6-16(28)20(19)22(18)30/h3-6,11-12,19-20,23-28H,7-10H2,1-2H3. The van der Waals surface area contributed by atoms with Crippen molar-refractivity contribution in [3.63, 3.8) is 0 Å². The van der Waals surface area contributed by atoms with Crippen LogP contribution in [0.4, 0.5) is 0 Å². The summed E-state index contributed by atoms with van der Waals surface area (Å²) in [4.78, 5) is 26.8. The van der Waals surface area contributed by atoms with E-state index < -0.39 is 35.9 Å². The molecule has 0 heterocycles. The highest BCUT2D eigenvalue weighted by Gasteiger charge is 2.48. The molecule has 2 aliphatic carbocycles. The number of benzene rings is 1. The molecule has 4 unspecified atom stereocenters. The molecule has 6 N–H and O–H groups in total. The van der Waals surface area contributed by atoms with E-state index >= 15 is 0 Å². The molecule has 8 heteroatoms. The Labute approximate surface area is 174 Å². The Hall–Kier alpha value is -2.52. The van der Waals surface area contributed by atoms with Crippen LogP contribution in [0.5, 0.6) is 0 Å². The van der Waals surface area contributed by atoms with E-state index in [9.17, 15) is 30.0 Å². The van der Waals surface area contributed by atoms with Gasteiger partial charge in [0.2, 0.25) is 0 Å². The fraction of sp³-hybridized carbons (Fsp3) is 0.455. The number of hydrogen-bond donors (Lipinski definition) is 6. The van der Waals surface area contributed by atoms with Crippen molar-refractivity contribution in [1.29, 1.82) is 0 Å². The minimum atomic E-state index is -1.13. The summed E-state index contributed by atoms with van der Waals surface area (Å²) in [5.74, 6) is -3.55. The fourth-order valence-electron chi connectivity index (χ4n) is 4.10. The predicted molar refractivity (Wildman–Crippen MR) is 110 cm³/mol. The van der Waals surface area contributed by atoms with Gasteiger partial charge in [0.05, 0.1) is 11.8 Å². The molecular weight excluding hydrogens is 388 g/mol. The molecule has 0 saturated carbocycles. The average molecular weight is 416 g/mol. The molecule has 1 aromatic rings. The second-order valence-electron chi connectivity index (χ2n) is 7.76. The largest absolute Gasteiger partial charge is 0.511 e. The quantitative estimate of drug-likeness (QED) is 0.347. The van der Waals surface area contributed by atoms with Gasteiger partial charge in [-0.05, 0) is 50.0 Å². The topological polar surface area (TPSA) is 139 Å². The molecule has 0 spiro atoms. The van der Waals surface area contributed by atoms with Crippen LogP contribution in [0.2, 0.25) is 0 Å². The minimum Gasteiger partial charge on any atom is -0.511 e. The Balaban J connectivity index is 2.05. The molecular formula is C22H28N2O6. The number of aliphatic hydroxyl groups is 4. The van der Waals surface area contributed by atoms with Gasteiger partial charge in [0, 0.05) is 24.2 Å². The fourth-order valence-corrected chi connectivity index (χ4v) is 4.10. The number of allylic oxidation sites excluding steroid dienone is 4. The van der Waals surface area contributed by atoms with Crippen LogP contribution in [0.1, 0.15) is 45.7 Å². The van der Waals surface area contributed by atoms with Gasteiger partial charge in [0.15, 0.2) is 11.6 Å². The normalized spacial score (nSPS) is 22.7. The zero-order valence-corrected chi connectivity index (χ0v) is 17.1. The van der Waals surface area contributed by atoms with E-state index in [1.54, 1.807) is 26.0 Å². The summed E-state index contributed by atoms with van der Waals surface area (Å²) >= 11 is 0. The van der Waals surface area contributed by atoms with Crippen molar-refractivity contribution in [2.75, 3.05) is 13.1 Å². The molecule has 4 atom stereocenters. The highest BCUT2D eigenvalue weighted by atomic mass is 16.3. The van der Waals surface area contributed by atoms with Crippen LogP contribution < -0.4 is 10.6 Å². The maximum absolute atomic E-state index is 13.4. The van der Waals surface area contributed by atoms with Gasteiger partial charge in [-0.3, -0.25) is 20.2 Å². The van der Waals surface area contributed by atoms with Gasteiger partial charge in [0.1, 0.15) is 24.0 Å². The summed E-state index contributed by atoms with van der Waals surface area (Å²) in [6.45, 7) is 3.98. The molecule has 0 fully saturated rings. The van der Waals surface area contributed by atoms with Crippen molar-refractivity contribution in [2.24, 2.45) is 11.8 Å². The molecule has 0 aromatic heterocycles. The second-order valence-corrected chi connectivity index (χ2v) is 7.76. The lowest BCUT2D eigenvalue weighted by Crippen LogP contribution is -2.41. The van der Waals surface area contributed by atoms with Crippen LogP contribution in [0.25, 0.3) is 0 Å². The van der Waals surface area contributed by atoms with Gasteiger partial charge < -0.3 is 20.4 Å². The Morgan fingerprint density at radius 3 is 1.50 bits per heavy atom. The number of Topliss-reactive ketones (excluding diaryl/α,β-unsaturated/α-hetero) is 2. The Kier molecular flexibility index (Phi) is 6.72. The van der Waals surface area contributed by atoms with Gasteiger partial charge in [-0.15, -0.1) is 0 Å².